The SMILES string of the molecule is CC#CCOC(=O)c1nsc2ccc(N3C(O)C=C(C(F)(F)F)N(C)C3O)cc12. The number of carbonyl (C=O) groups is 1. The molecule has 1 aliphatic rings. The van der Waals surface area contributed by atoms with Crippen molar-refractivity contribution in [3.63, 3.8) is 0 Å². The quantitative estimate of drug-likeness (QED) is 0.574. The average Bonchev–Trinajstić information content (AvgIpc) is 3.07. The van der Waals surface area contributed by atoms with Crippen molar-refractivity contribution in [3.05, 3.63) is 35.7 Å². The Hall–Kier alpha value is -2.81. The Bertz CT molecular complexity index is 1020. The predicted molar refractivity (Wildman–Crippen MR) is 99.7 cm³/mol. The van der Waals surface area contributed by atoms with Gasteiger partial charge in [0.25, 0.3) is 0 Å². The van der Waals surface area contributed by atoms with Crippen molar-refractivity contribution in [2.45, 2.75) is 25.7 Å². The monoisotopic (exact) mass is 427 g/mol. The first-order chi connectivity index (χ1) is 13.6. The van der Waals surface area contributed by atoms with E-state index in [0.29, 0.717) is 21.1 Å². The summed E-state index contributed by atoms with van der Waals surface area (Å²) in [5.74, 6) is 4.48. The molecule has 2 aromatic rings. The summed E-state index contributed by atoms with van der Waals surface area (Å²) in [6, 6.07) is 4.55. The Morgan fingerprint density at radius 2 is 2.10 bits per heavy atom. The molecule has 0 saturated heterocycles. The number of ether oxygens (including phenoxy) is 1. The highest BCUT2D eigenvalue weighted by atomic mass is 32.1. The minimum Gasteiger partial charge on any atom is -0.448 e. The van der Waals surface area contributed by atoms with Crippen LogP contribution in [0, 0.1) is 11.8 Å². The van der Waals surface area contributed by atoms with Crippen LogP contribution in [0.1, 0.15) is 17.4 Å². The fourth-order valence-corrected chi connectivity index (χ4v) is 3.59. The van der Waals surface area contributed by atoms with E-state index in [9.17, 15) is 28.2 Å². The lowest BCUT2D eigenvalue weighted by molar-refractivity contribution is -0.133. The molecule has 2 N–H and O–H groups in total. The van der Waals surface area contributed by atoms with Gasteiger partial charge in [-0.3, -0.25) is 4.90 Å². The molecule has 7 nitrogen and oxygen atoms in total. The number of esters is 1. The number of halogens is 3. The first-order valence-corrected chi connectivity index (χ1v) is 9.05. The lowest BCUT2D eigenvalue weighted by Crippen LogP contribution is -2.56. The molecule has 0 fully saturated rings. The highest BCUT2D eigenvalue weighted by Gasteiger charge is 2.44. The largest absolute Gasteiger partial charge is 0.448 e. The van der Waals surface area contributed by atoms with Crippen molar-refractivity contribution < 1.29 is 32.9 Å². The molecule has 1 aromatic heterocycles. The number of hydrogen-bond acceptors (Lipinski definition) is 8. The molecule has 0 amide bonds. The minimum absolute atomic E-state index is 0.0191. The summed E-state index contributed by atoms with van der Waals surface area (Å²) < 4.78 is 49.0. The van der Waals surface area contributed by atoms with Crippen molar-refractivity contribution in [3.8, 4) is 11.8 Å². The van der Waals surface area contributed by atoms with Gasteiger partial charge in [0.1, 0.15) is 5.70 Å². The number of anilines is 1. The number of fused-ring (bicyclic) bond motifs is 1. The molecule has 1 aromatic carbocycles. The second-order valence-electron chi connectivity index (χ2n) is 6.04. The van der Waals surface area contributed by atoms with Gasteiger partial charge in [-0.05, 0) is 42.7 Å². The molecule has 29 heavy (non-hydrogen) atoms. The third kappa shape index (κ3) is 4.00. The molecule has 0 aliphatic carbocycles. The number of alkyl halides is 3. The maximum absolute atomic E-state index is 13.1. The fraction of sp³-hybridized carbons (Fsp3) is 0.333. The van der Waals surface area contributed by atoms with E-state index in [0.717, 1.165) is 23.5 Å². The molecule has 2 atom stereocenters. The Kier molecular flexibility index (Phi) is 5.70. The molecule has 3 rings (SSSR count). The lowest BCUT2D eigenvalue weighted by atomic mass is 10.1. The maximum atomic E-state index is 13.1. The number of benzene rings is 1. The summed E-state index contributed by atoms with van der Waals surface area (Å²) in [5, 5.41) is 21.0. The first-order valence-electron chi connectivity index (χ1n) is 8.27. The van der Waals surface area contributed by atoms with Crippen LogP contribution in [0.5, 0.6) is 0 Å². The molecule has 154 valence electrons. The molecule has 2 unspecified atom stereocenters. The number of aliphatic hydroxyl groups is 2. The molecule has 0 bridgehead atoms. The van der Waals surface area contributed by atoms with Gasteiger partial charge in [0.05, 0.1) is 4.70 Å². The van der Waals surface area contributed by atoms with Gasteiger partial charge < -0.3 is 19.8 Å². The van der Waals surface area contributed by atoms with Gasteiger partial charge in [-0.1, -0.05) is 5.92 Å². The highest BCUT2D eigenvalue weighted by Crippen LogP contribution is 2.36. The smallest absolute Gasteiger partial charge is 0.431 e. The third-order valence-corrected chi connectivity index (χ3v) is 5.08. The Morgan fingerprint density at radius 3 is 2.76 bits per heavy atom. The molecule has 2 heterocycles. The molecule has 11 heteroatoms. The molecule has 0 saturated carbocycles. The number of hydrogen-bond donors (Lipinski definition) is 2. The van der Waals surface area contributed by atoms with Crippen molar-refractivity contribution in [1.82, 2.24) is 9.27 Å². The van der Waals surface area contributed by atoms with Crippen molar-refractivity contribution in [2.75, 3.05) is 18.6 Å². The van der Waals surface area contributed by atoms with Crippen LogP contribution in [0.25, 0.3) is 10.1 Å². The number of carbonyl (C=O) groups excluding carboxylic acids is 1. The van der Waals surface area contributed by atoms with Crippen LogP contribution in [0.3, 0.4) is 0 Å². The van der Waals surface area contributed by atoms with Crippen LogP contribution in [0.2, 0.25) is 0 Å². The van der Waals surface area contributed by atoms with Crippen LogP contribution in [-0.4, -0.2) is 57.9 Å². The summed E-state index contributed by atoms with van der Waals surface area (Å²) in [4.78, 5) is 13.8. The summed E-state index contributed by atoms with van der Waals surface area (Å²) >= 11 is 1.04. The number of nitrogens with zero attached hydrogens (tertiary/aromatic N) is 3. The van der Waals surface area contributed by atoms with E-state index < -0.39 is 30.4 Å². The zero-order chi connectivity index (χ0) is 21.3. The third-order valence-electron chi connectivity index (χ3n) is 4.25. The second kappa shape index (κ2) is 7.90. The van der Waals surface area contributed by atoms with Gasteiger partial charge in [-0.25, -0.2) is 4.79 Å². The minimum atomic E-state index is -4.73. The summed E-state index contributed by atoms with van der Waals surface area (Å²) in [5.41, 5.74) is -0.941. The zero-order valence-corrected chi connectivity index (χ0v) is 16.1. The van der Waals surface area contributed by atoms with E-state index in [1.54, 1.807) is 13.0 Å². The standard InChI is InChI=1S/C18H16F3N3O4S/c1-3-4-7-28-16(26)15-11-8-10(5-6-12(11)29-22-15)24-14(25)9-13(18(19,20)21)23(2)17(24)27/h5-6,8-9,14,17,25,27H,7H2,1-2H3. The van der Waals surface area contributed by atoms with E-state index in [2.05, 4.69) is 16.2 Å². The summed E-state index contributed by atoms with van der Waals surface area (Å²) in [6.07, 6.45) is -7.66. The van der Waals surface area contributed by atoms with Crippen LogP contribution in [-0.2, 0) is 4.74 Å². The van der Waals surface area contributed by atoms with Crippen LogP contribution < -0.4 is 4.90 Å². The van der Waals surface area contributed by atoms with Crippen molar-refractivity contribution >= 4 is 33.3 Å². The Labute approximate surface area is 167 Å². The molecular formula is C18H16F3N3O4S. The Morgan fingerprint density at radius 1 is 1.38 bits per heavy atom. The van der Waals surface area contributed by atoms with E-state index in [-0.39, 0.29) is 18.0 Å². The van der Waals surface area contributed by atoms with E-state index >= 15 is 0 Å². The topological polar surface area (TPSA) is 86.1 Å². The van der Waals surface area contributed by atoms with E-state index in [1.165, 1.54) is 12.1 Å². The number of aromatic nitrogens is 1. The number of aliphatic hydroxyl groups excluding tert-OH is 2. The normalized spacial score (nSPS) is 19.6. The highest BCUT2D eigenvalue weighted by molar-refractivity contribution is 7.13. The number of rotatable bonds is 3. The average molecular weight is 427 g/mol. The van der Waals surface area contributed by atoms with Crippen LogP contribution in [0.4, 0.5) is 18.9 Å². The summed E-state index contributed by atoms with van der Waals surface area (Å²) in [7, 11) is 1.06. The predicted octanol–water partition coefficient (Wildman–Crippen LogP) is 2.27. The van der Waals surface area contributed by atoms with Gasteiger partial charge in [0, 0.05) is 18.1 Å². The maximum Gasteiger partial charge on any atom is 0.431 e. The molecule has 0 spiro atoms. The van der Waals surface area contributed by atoms with Gasteiger partial charge in [0.2, 0.25) is 6.35 Å². The Balaban J connectivity index is 1.98. The van der Waals surface area contributed by atoms with Gasteiger partial charge >= 0.3 is 12.1 Å². The van der Waals surface area contributed by atoms with Gasteiger partial charge in [-0.15, -0.1) is 5.92 Å². The lowest BCUT2D eigenvalue weighted by Gasteiger charge is -2.43. The first kappa shape index (κ1) is 20.9. The van der Waals surface area contributed by atoms with Gasteiger partial charge in [-0.2, -0.15) is 17.5 Å². The summed E-state index contributed by atoms with van der Waals surface area (Å²) in [6.45, 7) is 1.50. The molecule has 1 aliphatic heterocycles. The fourth-order valence-electron chi connectivity index (χ4n) is 2.84. The number of allylic oxidation sites excluding steroid dienone is 1. The van der Waals surface area contributed by atoms with E-state index in [4.69, 9.17) is 4.74 Å². The van der Waals surface area contributed by atoms with Gasteiger partial charge in [0.15, 0.2) is 18.5 Å². The second-order valence-corrected chi connectivity index (χ2v) is 6.85. The van der Waals surface area contributed by atoms with Crippen molar-refractivity contribution in [2.24, 2.45) is 0 Å². The molecular weight excluding hydrogens is 411 g/mol. The van der Waals surface area contributed by atoms with E-state index in [1.807, 2.05) is 0 Å². The zero-order valence-electron chi connectivity index (χ0n) is 15.3. The molecule has 0 radical (unpaired) electrons. The van der Waals surface area contributed by atoms with Crippen LogP contribution in [0.15, 0.2) is 30.0 Å². The van der Waals surface area contributed by atoms with Crippen LogP contribution >= 0.6 is 11.5 Å². The van der Waals surface area contributed by atoms with Crippen molar-refractivity contribution in [1.29, 1.82) is 0 Å².